The Balaban J connectivity index is 2.00. The van der Waals surface area contributed by atoms with Gasteiger partial charge in [0.1, 0.15) is 5.75 Å². The van der Waals surface area contributed by atoms with Crippen LogP contribution in [0.5, 0.6) is 5.75 Å². The van der Waals surface area contributed by atoms with E-state index in [0.29, 0.717) is 18.1 Å². The smallest absolute Gasteiger partial charge is 0.141 e. The van der Waals surface area contributed by atoms with Gasteiger partial charge in [0, 0.05) is 18.1 Å². The topological polar surface area (TPSA) is 30.5 Å². The zero-order valence-electron chi connectivity index (χ0n) is 14.2. The van der Waals surface area contributed by atoms with E-state index in [0.717, 1.165) is 24.5 Å². The minimum absolute atomic E-state index is 0.143. The lowest BCUT2D eigenvalue weighted by Crippen LogP contribution is -2.58. The van der Waals surface area contributed by atoms with Gasteiger partial charge in [0.2, 0.25) is 0 Å². The maximum absolute atomic E-state index is 6.03. The van der Waals surface area contributed by atoms with Crippen LogP contribution in [0.2, 0.25) is 0 Å². The highest BCUT2D eigenvalue weighted by Crippen LogP contribution is 2.45. The molecule has 2 atom stereocenters. The van der Waals surface area contributed by atoms with Gasteiger partial charge in [-0.1, -0.05) is 33.8 Å². The average molecular weight is 291 g/mol. The van der Waals surface area contributed by atoms with Crippen LogP contribution in [-0.2, 0) is 4.74 Å². The predicted molar refractivity (Wildman–Crippen MR) is 88.1 cm³/mol. The third-order valence-corrected chi connectivity index (χ3v) is 4.49. The predicted octanol–water partition coefficient (Wildman–Crippen LogP) is 4.26. The summed E-state index contributed by atoms with van der Waals surface area (Å²) in [7, 11) is 1.72. The van der Waals surface area contributed by atoms with E-state index in [2.05, 4.69) is 52.1 Å². The van der Waals surface area contributed by atoms with Gasteiger partial charge in [0.25, 0.3) is 0 Å². The number of rotatable bonds is 6. The summed E-state index contributed by atoms with van der Waals surface area (Å²) in [5, 5.41) is 3.64. The zero-order valence-corrected chi connectivity index (χ0v) is 14.2. The van der Waals surface area contributed by atoms with Gasteiger partial charge >= 0.3 is 0 Å². The fourth-order valence-corrected chi connectivity index (χ4v) is 2.84. The number of methoxy groups -OCH3 is 1. The van der Waals surface area contributed by atoms with Crippen molar-refractivity contribution in [2.75, 3.05) is 19.0 Å². The van der Waals surface area contributed by atoms with Crippen molar-refractivity contribution < 1.29 is 9.47 Å². The Morgan fingerprint density at radius 2 is 2.05 bits per heavy atom. The van der Waals surface area contributed by atoms with E-state index in [1.807, 2.05) is 6.07 Å². The fraction of sp³-hybridized carbons (Fsp3) is 0.667. The molecule has 3 nitrogen and oxygen atoms in total. The quantitative estimate of drug-likeness (QED) is 0.849. The summed E-state index contributed by atoms with van der Waals surface area (Å²) in [6.07, 6.45) is 1.39. The number of benzene rings is 1. The standard InChI is InChI=1S/C18H29NO2/c1-12(2)11-21-17-10-16(18(17,4)5)19-14-9-13(3)7-8-15(14)20-6/h7-9,12,16-17,19H,10-11H2,1-6H3. The van der Waals surface area contributed by atoms with Gasteiger partial charge in [0.05, 0.1) is 18.9 Å². The summed E-state index contributed by atoms with van der Waals surface area (Å²) < 4.78 is 11.5. The van der Waals surface area contributed by atoms with E-state index < -0.39 is 0 Å². The molecule has 118 valence electrons. The van der Waals surface area contributed by atoms with Crippen LogP contribution in [0.15, 0.2) is 18.2 Å². The first-order valence-electron chi connectivity index (χ1n) is 7.87. The Morgan fingerprint density at radius 1 is 1.33 bits per heavy atom. The lowest BCUT2D eigenvalue weighted by molar-refractivity contribution is -0.108. The molecular weight excluding hydrogens is 262 g/mol. The monoisotopic (exact) mass is 291 g/mol. The summed E-state index contributed by atoms with van der Waals surface area (Å²) >= 11 is 0. The molecule has 21 heavy (non-hydrogen) atoms. The molecule has 1 aliphatic carbocycles. The van der Waals surface area contributed by atoms with Crippen molar-refractivity contribution in [2.45, 2.75) is 53.2 Å². The zero-order chi connectivity index (χ0) is 15.6. The van der Waals surface area contributed by atoms with E-state index in [9.17, 15) is 0 Å². The molecule has 0 aromatic heterocycles. The van der Waals surface area contributed by atoms with Crippen LogP contribution in [0.1, 0.15) is 39.7 Å². The van der Waals surface area contributed by atoms with Gasteiger partial charge in [-0.25, -0.2) is 0 Å². The number of aryl methyl sites for hydroxylation is 1. The van der Waals surface area contributed by atoms with Crippen molar-refractivity contribution in [3.05, 3.63) is 23.8 Å². The Kier molecular flexibility index (Phi) is 4.82. The van der Waals surface area contributed by atoms with Crippen LogP contribution in [0.4, 0.5) is 5.69 Å². The summed E-state index contributed by atoms with van der Waals surface area (Å²) in [5.41, 5.74) is 2.46. The molecular formula is C18H29NO2. The van der Waals surface area contributed by atoms with Crippen molar-refractivity contribution in [2.24, 2.45) is 11.3 Å². The summed E-state index contributed by atoms with van der Waals surface area (Å²) in [4.78, 5) is 0. The van der Waals surface area contributed by atoms with E-state index in [4.69, 9.17) is 9.47 Å². The van der Waals surface area contributed by atoms with Crippen molar-refractivity contribution in [1.82, 2.24) is 0 Å². The van der Waals surface area contributed by atoms with Crippen molar-refractivity contribution in [3.8, 4) is 5.75 Å². The highest BCUT2D eigenvalue weighted by Gasteiger charge is 2.49. The molecule has 0 heterocycles. The van der Waals surface area contributed by atoms with Gasteiger partial charge in [-0.05, 0) is 37.0 Å². The second-order valence-corrected chi connectivity index (χ2v) is 7.17. The number of ether oxygens (including phenoxy) is 2. The molecule has 1 aromatic carbocycles. The molecule has 0 amide bonds. The van der Waals surface area contributed by atoms with E-state index in [1.165, 1.54) is 5.56 Å². The van der Waals surface area contributed by atoms with Gasteiger partial charge in [-0.15, -0.1) is 0 Å². The minimum Gasteiger partial charge on any atom is -0.495 e. The van der Waals surface area contributed by atoms with E-state index in [1.54, 1.807) is 7.11 Å². The Bertz CT molecular complexity index is 482. The van der Waals surface area contributed by atoms with Gasteiger partial charge in [0.15, 0.2) is 0 Å². The lowest BCUT2D eigenvalue weighted by Gasteiger charge is -2.52. The number of anilines is 1. The van der Waals surface area contributed by atoms with Crippen molar-refractivity contribution in [1.29, 1.82) is 0 Å². The molecule has 1 aliphatic rings. The van der Waals surface area contributed by atoms with Gasteiger partial charge < -0.3 is 14.8 Å². The molecule has 0 bridgehead atoms. The van der Waals surface area contributed by atoms with Crippen molar-refractivity contribution in [3.63, 3.8) is 0 Å². The number of nitrogens with one attached hydrogen (secondary N) is 1. The fourth-order valence-electron chi connectivity index (χ4n) is 2.84. The highest BCUT2D eigenvalue weighted by atomic mass is 16.5. The lowest BCUT2D eigenvalue weighted by atomic mass is 9.64. The molecule has 2 rings (SSSR count). The largest absolute Gasteiger partial charge is 0.495 e. The van der Waals surface area contributed by atoms with E-state index >= 15 is 0 Å². The average Bonchev–Trinajstić information content (AvgIpc) is 2.41. The molecule has 1 saturated carbocycles. The number of hydrogen-bond donors (Lipinski definition) is 1. The molecule has 2 unspecified atom stereocenters. The molecule has 1 N–H and O–H groups in total. The molecule has 0 saturated heterocycles. The SMILES string of the molecule is COc1ccc(C)cc1NC1CC(OCC(C)C)C1(C)C. The van der Waals surface area contributed by atoms with Crippen LogP contribution in [0.3, 0.4) is 0 Å². The molecule has 3 heteroatoms. The van der Waals surface area contributed by atoms with Crippen LogP contribution >= 0.6 is 0 Å². The van der Waals surface area contributed by atoms with E-state index in [-0.39, 0.29) is 5.41 Å². The Morgan fingerprint density at radius 3 is 2.62 bits per heavy atom. The molecule has 0 radical (unpaired) electrons. The minimum atomic E-state index is 0.143. The normalized spacial score (nSPS) is 23.8. The van der Waals surface area contributed by atoms with Gasteiger partial charge in [-0.2, -0.15) is 0 Å². The molecule has 0 spiro atoms. The maximum Gasteiger partial charge on any atom is 0.141 e. The first kappa shape index (κ1) is 16.2. The second kappa shape index (κ2) is 6.27. The maximum atomic E-state index is 6.03. The third-order valence-electron chi connectivity index (χ3n) is 4.49. The van der Waals surface area contributed by atoms with Crippen LogP contribution in [-0.4, -0.2) is 25.9 Å². The Hall–Kier alpha value is -1.22. The summed E-state index contributed by atoms with van der Waals surface area (Å²) in [6, 6.07) is 6.67. The first-order valence-corrected chi connectivity index (χ1v) is 7.87. The third kappa shape index (κ3) is 3.52. The summed E-state index contributed by atoms with van der Waals surface area (Å²) in [5.74, 6) is 1.49. The molecule has 1 aromatic rings. The second-order valence-electron chi connectivity index (χ2n) is 7.17. The summed E-state index contributed by atoms with van der Waals surface area (Å²) in [6.45, 7) is 11.9. The first-order chi connectivity index (χ1) is 9.84. The van der Waals surface area contributed by atoms with Crippen molar-refractivity contribution >= 4 is 5.69 Å². The molecule has 1 fully saturated rings. The van der Waals surface area contributed by atoms with Gasteiger partial charge in [-0.3, -0.25) is 0 Å². The van der Waals surface area contributed by atoms with Crippen LogP contribution in [0.25, 0.3) is 0 Å². The van der Waals surface area contributed by atoms with Crippen LogP contribution in [0, 0.1) is 18.3 Å². The van der Waals surface area contributed by atoms with Crippen LogP contribution < -0.4 is 10.1 Å². The number of hydrogen-bond acceptors (Lipinski definition) is 3. The Labute approximate surface area is 129 Å². The molecule has 0 aliphatic heterocycles. The highest BCUT2D eigenvalue weighted by molar-refractivity contribution is 5.59.